The number of aromatic nitrogens is 1. The minimum atomic E-state index is -0.440. The maximum absolute atomic E-state index is 11.8. The zero-order valence-corrected chi connectivity index (χ0v) is 10.6. The summed E-state index contributed by atoms with van der Waals surface area (Å²) in [6, 6.07) is 8.27. The molecule has 0 aliphatic carbocycles. The van der Waals surface area contributed by atoms with Gasteiger partial charge in [0.1, 0.15) is 12.4 Å². The Kier molecular flexibility index (Phi) is 3.62. The molecule has 0 bridgehead atoms. The van der Waals surface area contributed by atoms with Crippen molar-refractivity contribution < 1.29 is 14.1 Å². The number of ether oxygens (including phenoxy) is 1. The molecular weight excluding hydrogens is 244 g/mol. The smallest absolute Gasteiger partial charge is 0.338 e. The average molecular weight is 256 g/mol. The normalized spacial score (nSPS) is 9.95. The van der Waals surface area contributed by atoms with Crippen molar-refractivity contribution in [1.29, 1.82) is 5.26 Å². The molecule has 5 heteroatoms. The first-order valence-corrected chi connectivity index (χ1v) is 5.71. The van der Waals surface area contributed by atoms with Crippen molar-refractivity contribution in [2.75, 3.05) is 0 Å². The highest BCUT2D eigenvalue weighted by Gasteiger charge is 2.13. The molecule has 96 valence electrons. The number of nitriles is 1. The number of benzene rings is 1. The van der Waals surface area contributed by atoms with Crippen LogP contribution in [0, 0.1) is 25.2 Å². The van der Waals surface area contributed by atoms with E-state index in [1.165, 1.54) is 0 Å². The van der Waals surface area contributed by atoms with Gasteiger partial charge in [0.05, 0.1) is 28.5 Å². The van der Waals surface area contributed by atoms with Crippen molar-refractivity contribution in [2.24, 2.45) is 0 Å². The molecule has 0 unspecified atom stereocenters. The maximum atomic E-state index is 11.8. The highest BCUT2D eigenvalue weighted by molar-refractivity contribution is 5.89. The van der Waals surface area contributed by atoms with E-state index >= 15 is 0 Å². The van der Waals surface area contributed by atoms with Crippen molar-refractivity contribution in [3.8, 4) is 6.07 Å². The van der Waals surface area contributed by atoms with Crippen LogP contribution in [0.2, 0.25) is 0 Å². The van der Waals surface area contributed by atoms with Crippen LogP contribution >= 0.6 is 0 Å². The molecule has 0 aliphatic rings. The van der Waals surface area contributed by atoms with Gasteiger partial charge in [0, 0.05) is 0 Å². The summed E-state index contributed by atoms with van der Waals surface area (Å²) >= 11 is 0. The van der Waals surface area contributed by atoms with Gasteiger partial charge in [-0.25, -0.2) is 4.79 Å². The van der Waals surface area contributed by atoms with Crippen molar-refractivity contribution in [1.82, 2.24) is 5.16 Å². The molecule has 0 saturated heterocycles. The summed E-state index contributed by atoms with van der Waals surface area (Å²) in [7, 11) is 0. The lowest BCUT2D eigenvalue weighted by molar-refractivity contribution is 0.0471. The van der Waals surface area contributed by atoms with Gasteiger partial charge in [-0.15, -0.1) is 0 Å². The van der Waals surface area contributed by atoms with Gasteiger partial charge >= 0.3 is 5.97 Å². The second kappa shape index (κ2) is 5.36. The first-order valence-electron chi connectivity index (χ1n) is 5.71. The number of hydrogen-bond acceptors (Lipinski definition) is 5. The molecular formula is C14H12N2O3. The molecule has 0 amide bonds. The fourth-order valence-corrected chi connectivity index (χ4v) is 1.61. The lowest BCUT2D eigenvalue weighted by Gasteiger charge is -2.04. The SMILES string of the molecule is Cc1noc(C)c1COC(=O)c1ccc(C#N)cc1. The number of carbonyl (C=O) groups is 1. The summed E-state index contributed by atoms with van der Waals surface area (Å²) in [4.78, 5) is 11.8. The fourth-order valence-electron chi connectivity index (χ4n) is 1.61. The molecule has 2 rings (SSSR count). The van der Waals surface area contributed by atoms with E-state index in [4.69, 9.17) is 14.5 Å². The quantitative estimate of drug-likeness (QED) is 0.788. The molecule has 0 N–H and O–H groups in total. The van der Waals surface area contributed by atoms with Gasteiger partial charge in [0.2, 0.25) is 0 Å². The van der Waals surface area contributed by atoms with Crippen LogP contribution in [-0.4, -0.2) is 11.1 Å². The number of nitrogens with zero attached hydrogens (tertiary/aromatic N) is 2. The second-order valence-electron chi connectivity index (χ2n) is 4.07. The minimum absolute atomic E-state index is 0.125. The second-order valence-corrected chi connectivity index (χ2v) is 4.07. The van der Waals surface area contributed by atoms with Gasteiger partial charge in [0.15, 0.2) is 0 Å². The third-order valence-corrected chi connectivity index (χ3v) is 2.78. The third kappa shape index (κ3) is 2.80. The Balaban J connectivity index is 2.03. The first-order chi connectivity index (χ1) is 9.11. The first kappa shape index (κ1) is 12.8. The van der Waals surface area contributed by atoms with Gasteiger partial charge in [0.25, 0.3) is 0 Å². The van der Waals surface area contributed by atoms with E-state index in [0.29, 0.717) is 22.6 Å². The molecule has 2 aromatic rings. The van der Waals surface area contributed by atoms with E-state index in [1.54, 1.807) is 38.1 Å². The summed E-state index contributed by atoms with van der Waals surface area (Å²) in [6.07, 6.45) is 0. The fraction of sp³-hybridized carbons (Fsp3) is 0.214. The lowest BCUT2D eigenvalue weighted by atomic mass is 10.1. The summed E-state index contributed by atoms with van der Waals surface area (Å²) < 4.78 is 10.2. The van der Waals surface area contributed by atoms with E-state index in [0.717, 1.165) is 5.56 Å². The number of rotatable bonds is 3. The van der Waals surface area contributed by atoms with E-state index in [-0.39, 0.29) is 6.61 Å². The highest BCUT2D eigenvalue weighted by Crippen LogP contribution is 2.14. The molecule has 19 heavy (non-hydrogen) atoms. The number of carbonyl (C=O) groups excluding carboxylic acids is 1. The molecule has 0 atom stereocenters. The van der Waals surface area contributed by atoms with Gasteiger partial charge in [-0.2, -0.15) is 5.26 Å². The number of esters is 1. The highest BCUT2D eigenvalue weighted by atomic mass is 16.5. The lowest BCUT2D eigenvalue weighted by Crippen LogP contribution is -2.06. The Bertz CT molecular complexity index is 616. The summed E-state index contributed by atoms with van der Waals surface area (Å²) in [5.41, 5.74) is 2.40. The van der Waals surface area contributed by atoms with E-state index < -0.39 is 5.97 Å². The van der Waals surface area contributed by atoms with Crippen molar-refractivity contribution in [3.63, 3.8) is 0 Å². The third-order valence-electron chi connectivity index (χ3n) is 2.78. The molecule has 0 aliphatic heterocycles. The zero-order chi connectivity index (χ0) is 13.8. The average Bonchev–Trinajstić information content (AvgIpc) is 2.75. The Labute approximate surface area is 110 Å². The van der Waals surface area contributed by atoms with Crippen LogP contribution in [0.25, 0.3) is 0 Å². The molecule has 1 aromatic carbocycles. The molecule has 5 nitrogen and oxygen atoms in total. The molecule has 1 aromatic heterocycles. The zero-order valence-electron chi connectivity index (χ0n) is 10.6. The van der Waals surface area contributed by atoms with Crippen LogP contribution in [0.15, 0.2) is 28.8 Å². The van der Waals surface area contributed by atoms with Crippen LogP contribution in [0.4, 0.5) is 0 Å². The van der Waals surface area contributed by atoms with Crippen LogP contribution in [0.3, 0.4) is 0 Å². The van der Waals surface area contributed by atoms with Crippen molar-refractivity contribution >= 4 is 5.97 Å². The van der Waals surface area contributed by atoms with Crippen LogP contribution in [-0.2, 0) is 11.3 Å². The predicted molar refractivity (Wildman–Crippen MR) is 66.3 cm³/mol. The predicted octanol–water partition coefficient (Wildman–Crippen LogP) is 2.52. The van der Waals surface area contributed by atoms with Gasteiger partial charge in [-0.1, -0.05) is 5.16 Å². The number of hydrogen-bond donors (Lipinski definition) is 0. The maximum Gasteiger partial charge on any atom is 0.338 e. The monoisotopic (exact) mass is 256 g/mol. The molecule has 0 saturated carbocycles. The molecule has 0 fully saturated rings. The van der Waals surface area contributed by atoms with Crippen LogP contribution in [0.1, 0.15) is 32.9 Å². The minimum Gasteiger partial charge on any atom is -0.457 e. The molecule has 0 radical (unpaired) electrons. The molecule has 1 heterocycles. The summed E-state index contributed by atoms with van der Waals surface area (Å²) in [6.45, 7) is 3.69. The van der Waals surface area contributed by atoms with E-state index in [1.807, 2.05) is 6.07 Å². The topological polar surface area (TPSA) is 76.1 Å². The number of aryl methyl sites for hydroxylation is 2. The van der Waals surface area contributed by atoms with Crippen molar-refractivity contribution in [3.05, 3.63) is 52.4 Å². The Hall–Kier alpha value is -2.61. The van der Waals surface area contributed by atoms with Crippen LogP contribution < -0.4 is 0 Å². The van der Waals surface area contributed by atoms with Gasteiger partial charge < -0.3 is 9.26 Å². The van der Waals surface area contributed by atoms with Gasteiger partial charge in [-0.3, -0.25) is 0 Å². The summed E-state index contributed by atoms with van der Waals surface area (Å²) in [5.74, 6) is 0.203. The van der Waals surface area contributed by atoms with Crippen molar-refractivity contribution in [2.45, 2.75) is 20.5 Å². The van der Waals surface area contributed by atoms with E-state index in [2.05, 4.69) is 5.16 Å². The standard InChI is InChI=1S/C14H12N2O3/c1-9-13(10(2)19-16-9)8-18-14(17)12-5-3-11(7-15)4-6-12/h3-6H,8H2,1-2H3. The van der Waals surface area contributed by atoms with E-state index in [9.17, 15) is 4.79 Å². The Morgan fingerprint density at radius 3 is 2.58 bits per heavy atom. The molecule has 0 spiro atoms. The summed E-state index contributed by atoms with van der Waals surface area (Å²) in [5, 5.41) is 12.5. The largest absolute Gasteiger partial charge is 0.457 e. The Morgan fingerprint density at radius 2 is 2.05 bits per heavy atom. The van der Waals surface area contributed by atoms with Crippen LogP contribution in [0.5, 0.6) is 0 Å². The van der Waals surface area contributed by atoms with Gasteiger partial charge in [-0.05, 0) is 38.1 Å². The Morgan fingerprint density at radius 1 is 1.37 bits per heavy atom.